The predicted molar refractivity (Wildman–Crippen MR) is 81.1 cm³/mol. The van der Waals surface area contributed by atoms with Crippen LogP contribution in [0.25, 0.3) is 0 Å². The number of ketones is 1. The summed E-state index contributed by atoms with van der Waals surface area (Å²) in [7, 11) is -3.14. The topological polar surface area (TPSA) is 80.5 Å². The number of piperidine rings is 1. The first-order valence-electron chi connectivity index (χ1n) is 8.09. The highest BCUT2D eigenvalue weighted by molar-refractivity contribution is 7.88. The maximum Gasteiger partial charge on any atom is 0.211 e. The molecule has 0 amide bonds. The van der Waals surface area contributed by atoms with Crippen LogP contribution < -0.4 is 5.73 Å². The predicted octanol–water partition coefficient (Wildman–Crippen LogP) is 0.991. The van der Waals surface area contributed by atoms with Gasteiger partial charge in [-0.1, -0.05) is 0 Å². The Morgan fingerprint density at radius 3 is 2.57 bits per heavy atom. The highest BCUT2D eigenvalue weighted by Gasteiger charge is 2.49. The van der Waals surface area contributed by atoms with Crippen LogP contribution in [0.4, 0.5) is 0 Å². The summed E-state index contributed by atoms with van der Waals surface area (Å²) in [6.07, 6.45) is 7.02. The molecule has 1 aliphatic heterocycles. The van der Waals surface area contributed by atoms with E-state index in [-0.39, 0.29) is 23.7 Å². The third-order valence-electron chi connectivity index (χ3n) is 5.79. The summed E-state index contributed by atoms with van der Waals surface area (Å²) < 4.78 is 24.8. The van der Waals surface area contributed by atoms with Crippen LogP contribution in [0, 0.1) is 23.7 Å². The van der Waals surface area contributed by atoms with E-state index < -0.39 is 10.0 Å². The third-order valence-corrected chi connectivity index (χ3v) is 7.06. The molecule has 6 heteroatoms. The highest BCUT2D eigenvalue weighted by Crippen LogP contribution is 2.48. The zero-order valence-corrected chi connectivity index (χ0v) is 13.5. The molecule has 0 spiro atoms. The van der Waals surface area contributed by atoms with E-state index in [0.717, 1.165) is 25.7 Å². The smallest absolute Gasteiger partial charge is 0.211 e. The summed E-state index contributed by atoms with van der Waals surface area (Å²) in [5, 5.41) is 0. The fourth-order valence-electron chi connectivity index (χ4n) is 4.73. The monoisotopic (exact) mass is 314 g/mol. The molecule has 120 valence electrons. The molecule has 2 N–H and O–H groups in total. The number of fused-ring (bicyclic) bond motifs is 2. The van der Waals surface area contributed by atoms with Gasteiger partial charge in [-0.15, -0.1) is 0 Å². The Kier molecular flexibility index (Phi) is 4.14. The first kappa shape index (κ1) is 15.4. The molecule has 2 aliphatic carbocycles. The number of carbonyl (C=O) groups is 1. The lowest BCUT2D eigenvalue weighted by atomic mass is 9.79. The lowest BCUT2D eigenvalue weighted by Gasteiger charge is -2.33. The second-order valence-electron chi connectivity index (χ2n) is 7.24. The molecule has 3 fully saturated rings. The molecule has 21 heavy (non-hydrogen) atoms. The van der Waals surface area contributed by atoms with Gasteiger partial charge in [0.25, 0.3) is 0 Å². The van der Waals surface area contributed by atoms with E-state index >= 15 is 0 Å². The SMILES string of the molecule is CS(=O)(=O)N1CCCC(CC(=O)C2C3CCC(C3)C2N)C1. The first-order chi connectivity index (χ1) is 9.86. The summed E-state index contributed by atoms with van der Waals surface area (Å²) in [5.74, 6) is 1.54. The quantitative estimate of drug-likeness (QED) is 0.839. The van der Waals surface area contributed by atoms with Crippen molar-refractivity contribution in [1.29, 1.82) is 0 Å². The molecule has 5 nitrogen and oxygen atoms in total. The van der Waals surface area contributed by atoms with Gasteiger partial charge in [0.15, 0.2) is 0 Å². The molecule has 5 atom stereocenters. The van der Waals surface area contributed by atoms with Crippen LogP contribution in [0.3, 0.4) is 0 Å². The Morgan fingerprint density at radius 2 is 1.95 bits per heavy atom. The number of Topliss-reactive ketones (excluding diaryl/α,β-unsaturated/α-hetero) is 1. The molecule has 3 aliphatic rings. The minimum absolute atomic E-state index is 0.0392. The summed E-state index contributed by atoms with van der Waals surface area (Å²) in [6, 6.07) is 0.0471. The van der Waals surface area contributed by atoms with Crippen molar-refractivity contribution in [2.75, 3.05) is 19.3 Å². The Balaban J connectivity index is 1.60. The van der Waals surface area contributed by atoms with Gasteiger partial charge in [0.05, 0.1) is 6.26 Å². The summed E-state index contributed by atoms with van der Waals surface area (Å²) >= 11 is 0. The standard InChI is InChI=1S/C15H26N2O3S/c1-21(19,20)17-6-2-3-10(9-17)7-13(18)14-11-4-5-12(8-11)15(14)16/h10-12,14-15H,2-9,16H2,1H3. The van der Waals surface area contributed by atoms with Crippen LogP contribution in [-0.2, 0) is 14.8 Å². The highest BCUT2D eigenvalue weighted by atomic mass is 32.2. The van der Waals surface area contributed by atoms with Crippen LogP contribution in [0.1, 0.15) is 38.5 Å². The van der Waals surface area contributed by atoms with E-state index in [1.54, 1.807) is 0 Å². The molecule has 0 aromatic carbocycles. The fraction of sp³-hybridized carbons (Fsp3) is 0.933. The van der Waals surface area contributed by atoms with Crippen molar-refractivity contribution in [2.24, 2.45) is 29.4 Å². The number of hydrogen-bond donors (Lipinski definition) is 1. The molecule has 2 saturated carbocycles. The molecule has 0 radical (unpaired) electrons. The Bertz CT molecular complexity index is 517. The van der Waals surface area contributed by atoms with Crippen molar-refractivity contribution < 1.29 is 13.2 Å². The third kappa shape index (κ3) is 3.03. The normalized spacial score (nSPS) is 40.6. The van der Waals surface area contributed by atoms with E-state index in [9.17, 15) is 13.2 Å². The van der Waals surface area contributed by atoms with Crippen LogP contribution in [0.5, 0.6) is 0 Å². The minimum Gasteiger partial charge on any atom is -0.327 e. The van der Waals surface area contributed by atoms with Gasteiger partial charge >= 0.3 is 0 Å². The largest absolute Gasteiger partial charge is 0.327 e. The average Bonchev–Trinajstić information content (AvgIpc) is 2.98. The lowest BCUT2D eigenvalue weighted by molar-refractivity contribution is -0.126. The van der Waals surface area contributed by atoms with Gasteiger partial charge in [0.1, 0.15) is 5.78 Å². The summed E-state index contributed by atoms with van der Waals surface area (Å²) in [4.78, 5) is 12.6. The number of nitrogens with zero attached hydrogens (tertiary/aromatic N) is 1. The molecule has 3 rings (SSSR count). The van der Waals surface area contributed by atoms with Gasteiger partial charge in [-0.3, -0.25) is 4.79 Å². The van der Waals surface area contributed by atoms with Gasteiger partial charge in [0, 0.05) is 31.5 Å². The van der Waals surface area contributed by atoms with Crippen molar-refractivity contribution in [3.8, 4) is 0 Å². The molecule has 0 aromatic heterocycles. The number of nitrogens with two attached hydrogens (primary N) is 1. The molecule has 2 bridgehead atoms. The van der Waals surface area contributed by atoms with Crippen molar-refractivity contribution >= 4 is 15.8 Å². The molecule has 1 heterocycles. The lowest BCUT2D eigenvalue weighted by Crippen LogP contribution is -2.43. The van der Waals surface area contributed by atoms with Crippen molar-refractivity contribution in [2.45, 2.75) is 44.6 Å². The fourth-order valence-corrected chi connectivity index (χ4v) is 5.67. The molecule has 0 aromatic rings. The van der Waals surface area contributed by atoms with Crippen molar-refractivity contribution in [3.63, 3.8) is 0 Å². The van der Waals surface area contributed by atoms with Gasteiger partial charge in [-0.05, 0) is 49.9 Å². The van der Waals surface area contributed by atoms with Gasteiger partial charge < -0.3 is 5.73 Å². The second-order valence-corrected chi connectivity index (χ2v) is 9.22. The van der Waals surface area contributed by atoms with Crippen LogP contribution in [0.2, 0.25) is 0 Å². The molecular formula is C15H26N2O3S. The minimum atomic E-state index is -3.14. The zero-order valence-electron chi connectivity index (χ0n) is 12.7. The van der Waals surface area contributed by atoms with Crippen molar-refractivity contribution in [1.82, 2.24) is 4.31 Å². The van der Waals surface area contributed by atoms with Crippen LogP contribution >= 0.6 is 0 Å². The van der Waals surface area contributed by atoms with Crippen LogP contribution in [0.15, 0.2) is 0 Å². The molecular weight excluding hydrogens is 288 g/mol. The Morgan fingerprint density at radius 1 is 1.24 bits per heavy atom. The summed E-state index contributed by atoms with van der Waals surface area (Å²) in [5.41, 5.74) is 6.24. The van der Waals surface area contributed by atoms with Gasteiger partial charge in [-0.2, -0.15) is 0 Å². The summed E-state index contributed by atoms with van der Waals surface area (Å²) in [6.45, 7) is 1.10. The van der Waals surface area contributed by atoms with Crippen LogP contribution in [-0.4, -0.2) is 43.9 Å². The number of hydrogen-bond acceptors (Lipinski definition) is 4. The molecule has 5 unspecified atom stereocenters. The van der Waals surface area contributed by atoms with E-state index in [2.05, 4.69) is 0 Å². The van der Waals surface area contributed by atoms with Crippen molar-refractivity contribution in [3.05, 3.63) is 0 Å². The molecule has 1 saturated heterocycles. The van der Waals surface area contributed by atoms with E-state index in [0.29, 0.717) is 31.3 Å². The Hall–Kier alpha value is -0.460. The van der Waals surface area contributed by atoms with E-state index in [1.807, 2.05) is 0 Å². The number of sulfonamides is 1. The average molecular weight is 314 g/mol. The van der Waals surface area contributed by atoms with E-state index in [4.69, 9.17) is 5.73 Å². The Labute approximate surface area is 127 Å². The zero-order chi connectivity index (χ0) is 15.2. The van der Waals surface area contributed by atoms with Gasteiger partial charge in [0.2, 0.25) is 10.0 Å². The van der Waals surface area contributed by atoms with Gasteiger partial charge in [-0.25, -0.2) is 12.7 Å². The maximum atomic E-state index is 12.6. The van der Waals surface area contributed by atoms with E-state index in [1.165, 1.54) is 17.0 Å². The second kappa shape index (κ2) is 5.63. The maximum absolute atomic E-state index is 12.6. The number of carbonyl (C=O) groups excluding carboxylic acids is 1. The first-order valence-corrected chi connectivity index (χ1v) is 9.94. The number of rotatable bonds is 4.